The molecule has 0 unspecified atom stereocenters. The predicted octanol–water partition coefficient (Wildman–Crippen LogP) is 4.51. The highest BCUT2D eigenvalue weighted by Crippen LogP contribution is 2.28. The number of rotatable bonds is 3. The third-order valence-electron chi connectivity index (χ3n) is 2.70. The van der Waals surface area contributed by atoms with E-state index in [0.29, 0.717) is 16.3 Å². The van der Waals surface area contributed by atoms with Gasteiger partial charge in [-0.2, -0.15) is 18.3 Å². The molecule has 0 saturated carbocycles. The average Bonchev–Trinajstić information content (AvgIpc) is 2.47. The van der Waals surface area contributed by atoms with Crippen LogP contribution in [0.5, 0.6) is 0 Å². The Kier molecular flexibility index (Phi) is 5.23. The lowest BCUT2D eigenvalue weighted by Crippen LogP contribution is -2.24. The van der Waals surface area contributed by atoms with E-state index in [1.54, 1.807) is 24.3 Å². The number of urea groups is 1. The van der Waals surface area contributed by atoms with Crippen LogP contribution in [0.25, 0.3) is 0 Å². The zero-order chi connectivity index (χ0) is 16.9. The first-order chi connectivity index (χ1) is 10.8. The van der Waals surface area contributed by atoms with E-state index in [9.17, 15) is 18.0 Å². The van der Waals surface area contributed by atoms with Crippen molar-refractivity contribution in [3.8, 4) is 0 Å². The molecule has 0 aromatic heterocycles. The largest absolute Gasteiger partial charge is 0.416 e. The van der Waals surface area contributed by atoms with Crippen molar-refractivity contribution in [1.82, 2.24) is 5.43 Å². The Balaban J connectivity index is 1.90. The third-order valence-corrected chi connectivity index (χ3v) is 2.94. The lowest BCUT2D eigenvalue weighted by molar-refractivity contribution is -0.137. The fourth-order valence-electron chi connectivity index (χ4n) is 1.65. The number of hydrogen-bond donors (Lipinski definition) is 2. The summed E-state index contributed by atoms with van der Waals surface area (Å²) in [5, 5.41) is 6.62. The van der Waals surface area contributed by atoms with Crippen LogP contribution < -0.4 is 10.7 Å². The minimum atomic E-state index is -4.38. The number of hydrogen-bond acceptors (Lipinski definition) is 2. The van der Waals surface area contributed by atoms with Crippen LogP contribution in [-0.4, -0.2) is 12.2 Å². The van der Waals surface area contributed by atoms with Crippen molar-refractivity contribution in [2.45, 2.75) is 6.18 Å². The summed E-state index contributed by atoms with van der Waals surface area (Å²) in [4.78, 5) is 11.6. The maximum Gasteiger partial charge on any atom is 0.416 e. The Hall–Kier alpha value is -2.54. The zero-order valence-electron chi connectivity index (χ0n) is 11.6. The molecule has 0 aliphatic carbocycles. The van der Waals surface area contributed by atoms with Crippen LogP contribution in [0, 0.1) is 0 Å². The lowest BCUT2D eigenvalue weighted by atomic mass is 10.1. The molecule has 0 bridgehead atoms. The van der Waals surface area contributed by atoms with Crippen molar-refractivity contribution in [1.29, 1.82) is 0 Å². The second-order valence-corrected chi connectivity index (χ2v) is 4.89. The zero-order valence-corrected chi connectivity index (χ0v) is 12.3. The summed E-state index contributed by atoms with van der Waals surface area (Å²) < 4.78 is 37.2. The van der Waals surface area contributed by atoms with Gasteiger partial charge in [0.15, 0.2) is 0 Å². The van der Waals surface area contributed by atoms with Gasteiger partial charge >= 0.3 is 12.2 Å². The molecule has 0 aliphatic rings. The molecule has 8 heteroatoms. The molecule has 4 nitrogen and oxygen atoms in total. The Morgan fingerprint density at radius 2 is 1.83 bits per heavy atom. The van der Waals surface area contributed by atoms with Crippen molar-refractivity contribution in [2.75, 3.05) is 5.32 Å². The summed E-state index contributed by atoms with van der Waals surface area (Å²) in [7, 11) is 0. The maximum atomic E-state index is 12.4. The minimum Gasteiger partial charge on any atom is -0.306 e. The molecule has 120 valence electrons. The van der Waals surface area contributed by atoms with Gasteiger partial charge in [-0.25, -0.2) is 10.2 Å². The number of amides is 2. The van der Waals surface area contributed by atoms with Gasteiger partial charge in [0.1, 0.15) is 0 Å². The molecule has 0 fully saturated rings. The van der Waals surface area contributed by atoms with Crippen molar-refractivity contribution in [3.05, 3.63) is 64.7 Å². The average molecular weight is 342 g/mol. The first kappa shape index (κ1) is 16.8. The number of nitrogens with one attached hydrogen (secondary N) is 2. The summed E-state index contributed by atoms with van der Waals surface area (Å²) in [6, 6.07) is 10.3. The summed E-state index contributed by atoms with van der Waals surface area (Å²) >= 11 is 5.78. The smallest absolute Gasteiger partial charge is 0.306 e. The van der Waals surface area contributed by atoms with E-state index in [-0.39, 0.29) is 0 Å². The molecule has 23 heavy (non-hydrogen) atoms. The van der Waals surface area contributed by atoms with E-state index in [1.807, 2.05) is 0 Å². The van der Waals surface area contributed by atoms with Gasteiger partial charge in [-0.15, -0.1) is 0 Å². The normalized spacial score (nSPS) is 11.5. The molecule has 2 amide bonds. The quantitative estimate of drug-likeness (QED) is 0.626. The minimum absolute atomic E-state index is 0.418. The van der Waals surface area contributed by atoms with E-state index < -0.39 is 17.8 Å². The molecule has 0 spiro atoms. The van der Waals surface area contributed by atoms with Crippen LogP contribution in [0.15, 0.2) is 53.6 Å². The fraction of sp³-hybridized carbons (Fsp3) is 0.0667. The molecule has 0 aliphatic heterocycles. The predicted molar refractivity (Wildman–Crippen MR) is 82.6 cm³/mol. The van der Waals surface area contributed by atoms with Crippen molar-refractivity contribution in [2.24, 2.45) is 5.10 Å². The van der Waals surface area contributed by atoms with Crippen LogP contribution in [0.1, 0.15) is 11.1 Å². The molecule has 0 atom stereocenters. The van der Waals surface area contributed by atoms with Crippen LogP contribution in [-0.2, 0) is 6.18 Å². The topological polar surface area (TPSA) is 53.5 Å². The van der Waals surface area contributed by atoms with Gasteiger partial charge in [-0.05, 0) is 35.9 Å². The van der Waals surface area contributed by atoms with Gasteiger partial charge in [0.05, 0.1) is 11.8 Å². The molecule has 0 saturated heterocycles. The maximum absolute atomic E-state index is 12.4. The first-order valence-corrected chi connectivity index (χ1v) is 6.75. The van der Waals surface area contributed by atoms with Gasteiger partial charge in [-0.1, -0.05) is 29.8 Å². The highest BCUT2D eigenvalue weighted by atomic mass is 35.5. The number of carbonyl (C=O) groups is 1. The summed E-state index contributed by atoms with van der Waals surface area (Å²) in [6.07, 6.45) is -3.15. The number of anilines is 1. The highest BCUT2D eigenvalue weighted by molar-refractivity contribution is 6.30. The van der Waals surface area contributed by atoms with E-state index in [1.165, 1.54) is 18.3 Å². The van der Waals surface area contributed by atoms with Crippen LogP contribution in [0.2, 0.25) is 5.02 Å². The number of hydrazone groups is 1. The number of benzene rings is 2. The monoisotopic (exact) mass is 341 g/mol. The summed E-state index contributed by atoms with van der Waals surface area (Å²) in [5.74, 6) is 0. The molecule has 2 aromatic rings. The van der Waals surface area contributed by atoms with E-state index in [0.717, 1.165) is 12.1 Å². The SMILES string of the molecule is O=C(N/N=C\c1ccc(C(F)(F)F)cc1)Nc1cccc(Cl)c1. The Labute approximate surface area is 135 Å². The Morgan fingerprint density at radius 1 is 1.13 bits per heavy atom. The van der Waals surface area contributed by atoms with Gasteiger partial charge in [0, 0.05) is 10.7 Å². The number of halogens is 4. The second kappa shape index (κ2) is 7.15. The summed E-state index contributed by atoms with van der Waals surface area (Å²) in [6.45, 7) is 0. The standard InChI is InChI=1S/C15H11ClF3N3O/c16-12-2-1-3-13(8-12)21-14(23)22-20-9-10-4-6-11(7-5-10)15(17,18)19/h1-9H,(H2,21,22,23)/b20-9-. The molecule has 2 aromatic carbocycles. The first-order valence-electron chi connectivity index (χ1n) is 6.37. The summed E-state index contributed by atoms with van der Waals surface area (Å²) in [5.41, 5.74) is 2.35. The van der Waals surface area contributed by atoms with Crippen LogP contribution >= 0.6 is 11.6 Å². The van der Waals surface area contributed by atoms with Crippen LogP contribution in [0.4, 0.5) is 23.7 Å². The van der Waals surface area contributed by atoms with Crippen molar-refractivity contribution >= 4 is 29.5 Å². The Morgan fingerprint density at radius 3 is 2.43 bits per heavy atom. The van der Waals surface area contributed by atoms with Gasteiger partial charge < -0.3 is 5.32 Å². The van der Waals surface area contributed by atoms with Gasteiger partial charge in [0.25, 0.3) is 0 Å². The van der Waals surface area contributed by atoms with E-state index >= 15 is 0 Å². The van der Waals surface area contributed by atoms with E-state index in [2.05, 4.69) is 15.8 Å². The number of nitrogens with zero attached hydrogens (tertiary/aromatic N) is 1. The number of carbonyl (C=O) groups excluding carboxylic acids is 1. The molecule has 0 heterocycles. The Bertz CT molecular complexity index is 715. The van der Waals surface area contributed by atoms with Gasteiger partial charge in [0.2, 0.25) is 0 Å². The van der Waals surface area contributed by atoms with Crippen molar-refractivity contribution in [3.63, 3.8) is 0 Å². The molecule has 2 rings (SSSR count). The third kappa shape index (κ3) is 5.30. The molecular formula is C15H11ClF3N3O. The van der Waals surface area contributed by atoms with Gasteiger partial charge in [-0.3, -0.25) is 0 Å². The van der Waals surface area contributed by atoms with Crippen LogP contribution in [0.3, 0.4) is 0 Å². The molecular weight excluding hydrogens is 331 g/mol. The fourth-order valence-corrected chi connectivity index (χ4v) is 1.84. The van der Waals surface area contributed by atoms with E-state index in [4.69, 9.17) is 11.6 Å². The van der Waals surface area contributed by atoms with Crippen molar-refractivity contribution < 1.29 is 18.0 Å². The lowest BCUT2D eigenvalue weighted by Gasteiger charge is -2.06. The molecule has 2 N–H and O–H groups in total. The second-order valence-electron chi connectivity index (χ2n) is 4.45. The highest BCUT2D eigenvalue weighted by Gasteiger charge is 2.29. The number of alkyl halides is 3. The molecule has 0 radical (unpaired) electrons.